The molecule has 0 spiro atoms. The van der Waals surface area contributed by atoms with Crippen LogP contribution in [-0.2, 0) is 16.0 Å². The van der Waals surface area contributed by atoms with Crippen LogP contribution in [-0.4, -0.2) is 18.0 Å². The van der Waals surface area contributed by atoms with Crippen LogP contribution in [0.3, 0.4) is 0 Å². The summed E-state index contributed by atoms with van der Waals surface area (Å²) >= 11 is 0. The molecule has 2 saturated heterocycles. The SMILES string of the molecule is O=C1NC(=O)C2(c3ccccc3)NC(=O)NC2(c2ccccc2)N1.[N-]=[N+]=[N-]. The van der Waals surface area contributed by atoms with Crippen molar-refractivity contribution in [2.45, 2.75) is 11.2 Å². The molecule has 2 aromatic rings. The van der Waals surface area contributed by atoms with Gasteiger partial charge in [0.2, 0.25) is 0 Å². The summed E-state index contributed by atoms with van der Waals surface area (Å²) in [7, 11) is 0. The van der Waals surface area contributed by atoms with Crippen LogP contribution in [0.5, 0.6) is 0 Å². The molecule has 2 aromatic carbocycles. The Balaban J connectivity index is 0.000000659. The lowest BCUT2D eigenvalue weighted by Crippen LogP contribution is -2.76. The quantitative estimate of drug-likeness (QED) is 0.364. The third-order valence-corrected chi connectivity index (χ3v) is 4.45. The van der Waals surface area contributed by atoms with Crippen LogP contribution in [0.1, 0.15) is 11.1 Å². The lowest BCUT2D eigenvalue weighted by molar-refractivity contribution is -0.131. The first-order valence-electron chi connectivity index (χ1n) is 7.83. The van der Waals surface area contributed by atoms with Crippen molar-refractivity contribution in [2.24, 2.45) is 0 Å². The monoisotopic (exact) mass is 364 g/mol. The van der Waals surface area contributed by atoms with Gasteiger partial charge in [-0.25, -0.2) is 9.59 Å². The van der Waals surface area contributed by atoms with E-state index >= 15 is 0 Å². The van der Waals surface area contributed by atoms with Gasteiger partial charge in [-0.05, 0) is 5.56 Å². The van der Waals surface area contributed by atoms with E-state index in [2.05, 4.69) is 21.3 Å². The van der Waals surface area contributed by atoms with E-state index in [0.29, 0.717) is 11.1 Å². The third kappa shape index (κ3) is 2.60. The second-order valence-corrected chi connectivity index (χ2v) is 5.81. The first-order valence-corrected chi connectivity index (χ1v) is 7.83. The number of urea groups is 2. The molecule has 2 unspecified atom stereocenters. The maximum atomic E-state index is 12.9. The van der Waals surface area contributed by atoms with E-state index in [1.165, 1.54) is 4.91 Å². The molecule has 2 heterocycles. The first-order chi connectivity index (χ1) is 13.0. The minimum absolute atomic E-state index is 0.542. The number of carbonyl (C=O) groups excluding carboxylic acids is 3. The van der Waals surface area contributed by atoms with Gasteiger partial charge in [0.1, 0.15) is 0 Å². The lowest BCUT2D eigenvalue weighted by atomic mass is 9.73. The molecule has 4 rings (SSSR count). The predicted octanol–water partition coefficient (Wildman–Crippen LogP) is 1.75. The van der Waals surface area contributed by atoms with Gasteiger partial charge in [-0.2, -0.15) is 0 Å². The number of carbonyl (C=O) groups is 3. The number of nitrogens with one attached hydrogen (secondary N) is 4. The van der Waals surface area contributed by atoms with Crippen molar-refractivity contribution in [1.82, 2.24) is 21.3 Å². The van der Waals surface area contributed by atoms with Crippen LogP contribution in [0, 0.1) is 0 Å². The number of benzene rings is 2. The van der Waals surface area contributed by atoms with Gasteiger partial charge < -0.3 is 27.0 Å². The topological polar surface area (TPSA) is 158 Å². The maximum absolute atomic E-state index is 12.9. The predicted molar refractivity (Wildman–Crippen MR) is 94.7 cm³/mol. The van der Waals surface area contributed by atoms with Crippen molar-refractivity contribution in [1.29, 1.82) is 0 Å². The second kappa shape index (κ2) is 6.70. The largest absolute Gasteiger partial charge is 0.373 e. The first kappa shape index (κ1) is 17.8. The molecule has 5 amide bonds. The molecule has 10 nitrogen and oxygen atoms in total. The maximum Gasteiger partial charge on any atom is 0.323 e. The third-order valence-electron chi connectivity index (χ3n) is 4.45. The molecular weight excluding hydrogens is 350 g/mol. The molecule has 136 valence electrons. The Morgan fingerprint density at radius 3 is 1.74 bits per heavy atom. The molecule has 2 aliphatic heterocycles. The molecule has 27 heavy (non-hydrogen) atoms. The smallest absolute Gasteiger partial charge is 0.323 e. The van der Waals surface area contributed by atoms with E-state index < -0.39 is 29.2 Å². The van der Waals surface area contributed by atoms with Crippen LogP contribution in [0.2, 0.25) is 0 Å². The van der Waals surface area contributed by atoms with Crippen molar-refractivity contribution in [2.75, 3.05) is 0 Å². The van der Waals surface area contributed by atoms with E-state index in [-0.39, 0.29) is 0 Å². The van der Waals surface area contributed by atoms with E-state index in [0.717, 1.165) is 0 Å². The second-order valence-electron chi connectivity index (χ2n) is 5.81. The number of rotatable bonds is 2. The average molecular weight is 364 g/mol. The standard InChI is InChI=1S/C17H14N4O3.N3/c22-13-16(11-7-3-1-4-8-11)17(20-14(23)18-13,21-15(24)19-16)12-9-5-2-6-10-12;1-3-2/h1-10H,(H2,19,21,24)(H2,18,20,22,23);/q;-1. The highest BCUT2D eigenvalue weighted by Crippen LogP contribution is 2.43. The normalized spacial score (nSPS) is 25.4. The molecule has 4 N–H and O–H groups in total. The Morgan fingerprint density at radius 2 is 1.19 bits per heavy atom. The molecule has 2 aliphatic rings. The Morgan fingerprint density at radius 1 is 0.704 bits per heavy atom. The van der Waals surface area contributed by atoms with Crippen LogP contribution in [0.4, 0.5) is 9.59 Å². The molecule has 2 atom stereocenters. The van der Waals surface area contributed by atoms with E-state index in [1.54, 1.807) is 48.5 Å². The number of nitrogens with zero attached hydrogens (tertiary/aromatic N) is 3. The number of fused-ring (bicyclic) bond motifs is 1. The van der Waals surface area contributed by atoms with Crippen LogP contribution in [0.15, 0.2) is 60.7 Å². The Hall–Kier alpha value is -4.04. The molecule has 0 radical (unpaired) electrons. The van der Waals surface area contributed by atoms with Crippen molar-refractivity contribution in [3.63, 3.8) is 0 Å². The van der Waals surface area contributed by atoms with Gasteiger partial charge in [-0.15, -0.1) is 0 Å². The minimum atomic E-state index is -1.50. The van der Waals surface area contributed by atoms with Crippen molar-refractivity contribution in [3.8, 4) is 0 Å². The summed E-state index contributed by atoms with van der Waals surface area (Å²) in [5, 5.41) is 10.5. The van der Waals surface area contributed by atoms with Crippen molar-refractivity contribution < 1.29 is 14.4 Å². The van der Waals surface area contributed by atoms with Gasteiger partial charge in [0, 0.05) is 5.56 Å². The molecule has 2 fully saturated rings. The van der Waals surface area contributed by atoms with E-state index in [1.807, 2.05) is 12.1 Å². The van der Waals surface area contributed by atoms with Crippen LogP contribution in [0.25, 0.3) is 16.0 Å². The fourth-order valence-corrected chi connectivity index (χ4v) is 3.47. The van der Waals surface area contributed by atoms with Gasteiger partial charge in [0.25, 0.3) is 5.91 Å². The highest BCUT2D eigenvalue weighted by atomic mass is 16.2. The minimum Gasteiger partial charge on any atom is -0.373 e. The van der Waals surface area contributed by atoms with Gasteiger partial charge in [0.05, 0.1) is 0 Å². The molecular formula is C17H14N7O3-. The summed E-state index contributed by atoms with van der Waals surface area (Å²) in [5.74, 6) is -0.598. The number of hydrogen-bond donors (Lipinski definition) is 4. The van der Waals surface area contributed by atoms with Crippen molar-refractivity contribution >= 4 is 18.0 Å². The summed E-state index contributed by atoms with van der Waals surface area (Å²) in [6.45, 7) is 0. The molecule has 0 aromatic heterocycles. The summed E-state index contributed by atoms with van der Waals surface area (Å²) in [5.41, 5.74) is 11.7. The summed E-state index contributed by atoms with van der Waals surface area (Å²) in [6, 6.07) is 16.5. The van der Waals surface area contributed by atoms with Gasteiger partial charge in [-0.1, -0.05) is 60.7 Å². The Kier molecular flexibility index (Phi) is 4.41. The average Bonchev–Trinajstić information content (AvgIpc) is 2.98. The zero-order valence-corrected chi connectivity index (χ0v) is 13.8. The number of amides is 5. The van der Waals surface area contributed by atoms with Gasteiger partial charge in [-0.3, -0.25) is 15.0 Å². The van der Waals surface area contributed by atoms with E-state index in [9.17, 15) is 14.4 Å². The van der Waals surface area contributed by atoms with Gasteiger partial charge >= 0.3 is 12.1 Å². The van der Waals surface area contributed by atoms with Crippen molar-refractivity contribution in [3.05, 3.63) is 87.8 Å². The Bertz CT molecular complexity index is 928. The van der Waals surface area contributed by atoms with E-state index in [4.69, 9.17) is 11.1 Å². The Labute approximate surface area is 153 Å². The number of imide groups is 1. The highest BCUT2D eigenvalue weighted by molar-refractivity contribution is 6.08. The summed E-state index contributed by atoms with van der Waals surface area (Å²) < 4.78 is 0. The zero-order chi connectivity index (χ0) is 19.5. The summed E-state index contributed by atoms with van der Waals surface area (Å²) in [4.78, 5) is 38.7. The summed E-state index contributed by atoms with van der Waals surface area (Å²) in [6.07, 6.45) is 0. The molecule has 0 saturated carbocycles. The molecule has 10 heteroatoms. The van der Waals surface area contributed by atoms with Crippen LogP contribution < -0.4 is 21.3 Å². The van der Waals surface area contributed by atoms with Crippen LogP contribution >= 0.6 is 0 Å². The highest BCUT2D eigenvalue weighted by Gasteiger charge is 2.68. The molecule has 0 bridgehead atoms. The number of hydrogen-bond acceptors (Lipinski definition) is 3. The molecule has 0 aliphatic carbocycles. The van der Waals surface area contributed by atoms with Gasteiger partial charge in [0.15, 0.2) is 11.2 Å². The zero-order valence-electron chi connectivity index (χ0n) is 13.8. The fourth-order valence-electron chi connectivity index (χ4n) is 3.47. The fraction of sp³-hybridized carbons (Fsp3) is 0.118. The lowest BCUT2D eigenvalue weighted by Gasteiger charge is -2.46.